The second-order valence-corrected chi connectivity index (χ2v) is 8.64. The highest BCUT2D eigenvalue weighted by Crippen LogP contribution is 2.31. The number of carbonyl (C=O) groups excluding carboxylic acids is 3. The molecule has 0 saturated heterocycles. The van der Waals surface area contributed by atoms with Crippen molar-refractivity contribution in [1.82, 2.24) is 9.88 Å². The topological polar surface area (TPSA) is 136 Å². The molecule has 0 bridgehead atoms. The number of anilines is 1. The molecule has 4 aromatic rings. The number of benzene rings is 3. The molecule has 0 atom stereocenters. The SMILES string of the molecule is O=C(CCCCCN1C(=O)c2ccccc2C1=O)Nc1ccccc1-c1nc2cc([N+](=O)[O-])ccc2o1. The van der Waals surface area contributed by atoms with Crippen molar-refractivity contribution >= 4 is 40.2 Å². The Morgan fingerprint density at radius 1 is 0.919 bits per heavy atom. The largest absolute Gasteiger partial charge is 0.436 e. The standard InChI is InChI=1S/C27H22N4O6/c32-24(12-2-1-7-15-30-26(33)18-8-3-4-9-19(18)27(30)34)28-21-11-6-5-10-20(21)25-29-22-16-17(31(35)36)13-14-23(22)37-25/h3-6,8-11,13-14,16H,1-2,7,12,15H2,(H,28,32). The first-order valence-corrected chi connectivity index (χ1v) is 11.8. The molecule has 1 aliphatic heterocycles. The predicted octanol–water partition coefficient (Wildman–Crippen LogP) is 5.20. The van der Waals surface area contributed by atoms with Crippen LogP contribution in [0.2, 0.25) is 0 Å². The van der Waals surface area contributed by atoms with Gasteiger partial charge in [0.1, 0.15) is 5.52 Å². The van der Waals surface area contributed by atoms with Crippen molar-refractivity contribution in [2.75, 3.05) is 11.9 Å². The first-order valence-electron chi connectivity index (χ1n) is 11.8. The number of nitro benzene ring substituents is 1. The highest BCUT2D eigenvalue weighted by molar-refractivity contribution is 6.21. The number of aromatic nitrogens is 1. The van der Waals surface area contributed by atoms with Crippen LogP contribution in [0.1, 0.15) is 46.4 Å². The third kappa shape index (κ3) is 4.81. The predicted molar refractivity (Wildman–Crippen MR) is 135 cm³/mol. The molecule has 1 aromatic heterocycles. The number of carbonyl (C=O) groups is 3. The van der Waals surface area contributed by atoms with Crippen molar-refractivity contribution in [1.29, 1.82) is 0 Å². The molecule has 0 spiro atoms. The number of unbranched alkanes of at least 4 members (excludes halogenated alkanes) is 2. The quantitative estimate of drug-likeness (QED) is 0.145. The second-order valence-electron chi connectivity index (χ2n) is 8.64. The lowest BCUT2D eigenvalue weighted by Crippen LogP contribution is -2.30. The summed E-state index contributed by atoms with van der Waals surface area (Å²) in [7, 11) is 0. The van der Waals surface area contributed by atoms with E-state index in [1.807, 2.05) is 0 Å². The Labute approximate surface area is 211 Å². The van der Waals surface area contributed by atoms with Crippen LogP contribution in [0.4, 0.5) is 11.4 Å². The fourth-order valence-corrected chi connectivity index (χ4v) is 4.31. The Morgan fingerprint density at radius 2 is 1.59 bits per heavy atom. The fourth-order valence-electron chi connectivity index (χ4n) is 4.31. The number of nitro groups is 1. The zero-order chi connectivity index (χ0) is 25.9. The van der Waals surface area contributed by atoms with E-state index in [9.17, 15) is 24.5 Å². The number of fused-ring (bicyclic) bond motifs is 2. The lowest BCUT2D eigenvalue weighted by molar-refractivity contribution is -0.384. The minimum atomic E-state index is -0.498. The van der Waals surface area contributed by atoms with Gasteiger partial charge in [0.25, 0.3) is 17.5 Å². The Bertz CT molecular complexity index is 1510. The number of para-hydroxylation sites is 1. The summed E-state index contributed by atoms with van der Waals surface area (Å²) in [5.74, 6) is -0.500. The average molecular weight is 498 g/mol. The van der Waals surface area contributed by atoms with E-state index in [0.717, 1.165) is 0 Å². The van der Waals surface area contributed by atoms with Crippen molar-refractivity contribution in [3.8, 4) is 11.5 Å². The maximum atomic E-state index is 12.6. The van der Waals surface area contributed by atoms with Gasteiger partial charge in [0.2, 0.25) is 11.8 Å². The van der Waals surface area contributed by atoms with Crippen LogP contribution < -0.4 is 5.32 Å². The fraction of sp³-hybridized carbons (Fsp3) is 0.185. The summed E-state index contributed by atoms with van der Waals surface area (Å²) in [6.45, 7) is 0.312. The molecule has 0 fully saturated rings. The molecule has 10 nitrogen and oxygen atoms in total. The van der Waals surface area contributed by atoms with Gasteiger partial charge >= 0.3 is 0 Å². The molecular weight excluding hydrogens is 476 g/mol. The number of hydrogen-bond donors (Lipinski definition) is 1. The van der Waals surface area contributed by atoms with Gasteiger partial charge in [-0.05, 0) is 43.2 Å². The monoisotopic (exact) mass is 498 g/mol. The highest BCUT2D eigenvalue weighted by atomic mass is 16.6. The van der Waals surface area contributed by atoms with Crippen LogP contribution in [0, 0.1) is 10.1 Å². The van der Waals surface area contributed by atoms with E-state index in [4.69, 9.17) is 4.42 Å². The zero-order valence-electron chi connectivity index (χ0n) is 19.7. The number of amides is 3. The van der Waals surface area contributed by atoms with Crippen LogP contribution in [0.5, 0.6) is 0 Å². The summed E-state index contributed by atoms with van der Waals surface area (Å²) in [6, 6.07) is 18.0. The lowest BCUT2D eigenvalue weighted by atomic mass is 10.1. The third-order valence-corrected chi connectivity index (χ3v) is 6.18. The summed E-state index contributed by atoms with van der Waals surface area (Å²) in [5, 5.41) is 13.9. The van der Waals surface area contributed by atoms with Crippen molar-refractivity contribution in [3.63, 3.8) is 0 Å². The molecular formula is C27H22N4O6. The zero-order valence-corrected chi connectivity index (χ0v) is 19.7. The molecule has 0 saturated carbocycles. The van der Waals surface area contributed by atoms with Gasteiger partial charge in [-0.1, -0.05) is 30.7 Å². The highest BCUT2D eigenvalue weighted by Gasteiger charge is 2.34. The van der Waals surface area contributed by atoms with E-state index in [2.05, 4.69) is 10.3 Å². The molecule has 0 radical (unpaired) electrons. The number of rotatable bonds is 9. The van der Waals surface area contributed by atoms with Gasteiger partial charge in [0, 0.05) is 25.1 Å². The molecule has 186 valence electrons. The van der Waals surface area contributed by atoms with Crippen LogP contribution in [-0.4, -0.2) is 39.1 Å². The van der Waals surface area contributed by atoms with E-state index < -0.39 is 4.92 Å². The Morgan fingerprint density at radius 3 is 2.30 bits per heavy atom. The van der Waals surface area contributed by atoms with Gasteiger partial charge in [-0.15, -0.1) is 0 Å². The number of imide groups is 1. The summed E-state index contributed by atoms with van der Waals surface area (Å²) in [5.41, 5.74) is 2.60. The van der Waals surface area contributed by atoms with Gasteiger partial charge in [-0.3, -0.25) is 29.4 Å². The van der Waals surface area contributed by atoms with Gasteiger partial charge in [0.05, 0.1) is 27.3 Å². The van der Waals surface area contributed by atoms with Gasteiger partial charge in [-0.25, -0.2) is 4.98 Å². The van der Waals surface area contributed by atoms with Crippen LogP contribution in [0.3, 0.4) is 0 Å². The minimum Gasteiger partial charge on any atom is -0.436 e. The van der Waals surface area contributed by atoms with Gasteiger partial charge in [-0.2, -0.15) is 0 Å². The summed E-state index contributed by atoms with van der Waals surface area (Å²) in [4.78, 5) is 53.6. The average Bonchev–Trinajstić information content (AvgIpc) is 3.43. The first-order chi connectivity index (χ1) is 17.9. The molecule has 3 amide bonds. The summed E-state index contributed by atoms with van der Waals surface area (Å²) < 4.78 is 5.77. The number of oxazole rings is 1. The molecule has 5 rings (SSSR count). The van der Waals surface area contributed by atoms with E-state index in [1.54, 1.807) is 48.5 Å². The Hall–Kier alpha value is -4.86. The van der Waals surface area contributed by atoms with E-state index in [-0.39, 0.29) is 35.7 Å². The second kappa shape index (κ2) is 10.0. The van der Waals surface area contributed by atoms with Crippen molar-refractivity contribution < 1.29 is 23.7 Å². The first kappa shape index (κ1) is 23.9. The van der Waals surface area contributed by atoms with Gasteiger partial charge < -0.3 is 9.73 Å². The maximum Gasteiger partial charge on any atom is 0.271 e. The number of nitrogens with zero attached hydrogens (tertiary/aromatic N) is 3. The van der Waals surface area contributed by atoms with Crippen molar-refractivity contribution in [2.24, 2.45) is 0 Å². The number of hydrogen-bond acceptors (Lipinski definition) is 7. The van der Waals surface area contributed by atoms with Crippen LogP contribution >= 0.6 is 0 Å². The Kier molecular flexibility index (Phi) is 6.46. The summed E-state index contributed by atoms with van der Waals surface area (Å²) >= 11 is 0. The molecule has 3 aromatic carbocycles. The smallest absolute Gasteiger partial charge is 0.271 e. The minimum absolute atomic E-state index is 0.0862. The van der Waals surface area contributed by atoms with Crippen LogP contribution in [0.15, 0.2) is 71.1 Å². The van der Waals surface area contributed by atoms with Crippen molar-refractivity contribution in [2.45, 2.75) is 25.7 Å². The van der Waals surface area contributed by atoms with E-state index in [0.29, 0.717) is 59.3 Å². The van der Waals surface area contributed by atoms with Crippen molar-refractivity contribution in [3.05, 3.63) is 88.0 Å². The molecule has 1 aliphatic rings. The molecule has 0 aliphatic carbocycles. The van der Waals surface area contributed by atoms with E-state index in [1.165, 1.54) is 23.1 Å². The number of non-ortho nitro benzene ring substituents is 1. The molecule has 10 heteroatoms. The third-order valence-electron chi connectivity index (χ3n) is 6.18. The van der Waals surface area contributed by atoms with Crippen LogP contribution in [0.25, 0.3) is 22.6 Å². The lowest BCUT2D eigenvalue weighted by Gasteiger charge is -2.13. The molecule has 0 unspecified atom stereocenters. The molecule has 37 heavy (non-hydrogen) atoms. The summed E-state index contributed by atoms with van der Waals surface area (Å²) in [6.07, 6.45) is 2.12. The molecule has 1 N–H and O–H groups in total. The van der Waals surface area contributed by atoms with E-state index >= 15 is 0 Å². The number of nitrogens with one attached hydrogen (secondary N) is 1. The van der Waals surface area contributed by atoms with Gasteiger partial charge in [0.15, 0.2) is 5.58 Å². The van der Waals surface area contributed by atoms with Crippen LogP contribution in [-0.2, 0) is 4.79 Å². The normalized spacial score (nSPS) is 12.7. The Balaban J connectivity index is 1.16. The maximum absolute atomic E-state index is 12.6. The molecule has 2 heterocycles.